The molecule has 0 saturated heterocycles. The minimum absolute atomic E-state index is 0.0947. The SMILES string of the molecule is O=C(CSc1ccc(Cl)nn1)Nc1ccccc1C(F)(F)F. The number of nitrogens with zero attached hydrogens (tertiary/aromatic N) is 2. The lowest BCUT2D eigenvalue weighted by molar-refractivity contribution is -0.137. The molecule has 2 aromatic rings. The Morgan fingerprint density at radius 2 is 1.91 bits per heavy atom. The highest BCUT2D eigenvalue weighted by Crippen LogP contribution is 2.34. The van der Waals surface area contributed by atoms with E-state index in [0.717, 1.165) is 17.8 Å². The Kier molecular flexibility index (Phi) is 5.25. The van der Waals surface area contributed by atoms with Crippen LogP contribution in [0.1, 0.15) is 5.56 Å². The first-order valence-electron chi connectivity index (χ1n) is 5.94. The number of thioether (sulfide) groups is 1. The predicted octanol–water partition coefficient (Wildman–Crippen LogP) is 3.88. The normalized spacial score (nSPS) is 11.3. The average molecular weight is 348 g/mol. The predicted molar refractivity (Wildman–Crippen MR) is 77.8 cm³/mol. The molecule has 1 aromatic heterocycles. The largest absolute Gasteiger partial charge is 0.418 e. The standard InChI is InChI=1S/C13H9ClF3N3OS/c14-10-5-6-12(20-19-10)22-7-11(21)18-9-4-2-1-3-8(9)13(15,16)17/h1-6H,7H2,(H,18,21). The molecule has 0 saturated carbocycles. The van der Waals surface area contributed by atoms with Crippen LogP contribution in [0.25, 0.3) is 0 Å². The summed E-state index contributed by atoms with van der Waals surface area (Å²) in [5, 5.41) is 10.2. The summed E-state index contributed by atoms with van der Waals surface area (Å²) >= 11 is 6.62. The van der Waals surface area contributed by atoms with Crippen LogP contribution < -0.4 is 5.32 Å². The summed E-state index contributed by atoms with van der Waals surface area (Å²) in [5.41, 5.74) is -1.16. The van der Waals surface area contributed by atoms with Crippen LogP contribution in [0.4, 0.5) is 18.9 Å². The van der Waals surface area contributed by atoms with Gasteiger partial charge in [-0.05, 0) is 24.3 Å². The molecule has 1 heterocycles. The molecule has 0 radical (unpaired) electrons. The number of halogens is 4. The summed E-state index contributed by atoms with van der Waals surface area (Å²) in [5.74, 6) is -0.666. The molecule has 0 fully saturated rings. The molecule has 0 aliphatic carbocycles. The zero-order valence-electron chi connectivity index (χ0n) is 10.9. The Labute approximate surface area is 133 Å². The molecule has 0 aliphatic rings. The smallest absolute Gasteiger partial charge is 0.325 e. The van der Waals surface area contributed by atoms with Gasteiger partial charge in [-0.1, -0.05) is 35.5 Å². The topological polar surface area (TPSA) is 54.9 Å². The summed E-state index contributed by atoms with van der Waals surface area (Å²) in [4.78, 5) is 11.8. The van der Waals surface area contributed by atoms with Gasteiger partial charge >= 0.3 is 6.18 Å². The molecule has 2 rings (SSSR count). The van der Waals surface area contributed by atoms with Crippen molar-refractivity contribution in [2.45, 2.75) is 11.2 Å². The van der Waals surface area contributed by atoms with Crippen LogP contribution in [0.2, 0.25) is 5.15 Å². The third kappa shape index (κ3) is 4.60. The Hall–Kier alpha value is -1.80. The lowest BCUT2D eigenvalue weighted by Gasteiger charge is -2.13. The van der Waals surface area contributed by atoms with Crippen molar-refractivity contribution in [1.82, 2.24) is 10.2 Å². The molecule has 1 N–H and O–H groups in total. The zero-order chi connectivity index (χ0) is 16.2. The summed E-state index contributed by atoms with van der Waals surface area (Å²) in [6.07, 6.45) is -4.53. The maximum Gasteiger partial charge on any atom is 0.418 e. The molecule has 0 unspecified atom stereocenters. The van der Waals surface area contributed by atoms with Crippen molar-refractivity contribution in [2.75, 3.05) is 11.1 Å². The number of carbonyl (C=O) groups excluding carboxylic acids is 1. The number of aromatic nitrogens is 2. The number of hydrogen-bond donors (Lipinski definition) is 1. The minimum atomic E-state index is -4.53. The van der Waals surface area contributed by atoms with E-state index in [4.69, 9.17) is 11.6 Å². The Bertz CT molecular complexity index is 664. The van der Waals surface area contributed by atoms with Crippen LogP contribution in [-0.4, -0.2) is 21.9 Å². The van der Waals surface area contributed by atoms with Crippen molar-refractivity contribution in [2.24, 2.45) is 0 Å². The van der Waals surface area contributed by atoms with Crippen molar-refractivity contribution in [1.29, 1.82) is 0 Å². The van der Waals surface area contributed by atoms with E-state index in [1.807, 2.05) is 0 Å². The second-order valence-corrected chi connectivity index (χ2v) is 5.46. The van der Waals surface area contributed by atoms with Crippen molar-refractivity contribution in [3.63, 3.8) is 0 Å². The molecule has 4 nitrogen and oxygen atoms in total. The van der Waals surface area contributed by atoms with E-state index < -0.39 is 17.6 Å². The Morgan fingerprint density at radius 3 is 2.55 bits per heavy atom. The van der Waals surface area contributed by atoms with Crippen LogP contribution in [0.3, 0.4) is 0 Å². The Morgan fingerprint density at radius 1 is 1.18 bits per heavy atom. The molecule has 116 valence electrons. The first-order chi connectivity index (χ1) is 10.4. The number of para-hydroxylation sites is 1. The van der Waals surface area contributed by atoms with Gasteiger partial charge in [0.2, 0.25) is 5.91 Å². The number of benzene rings is 1. The number of hydrogen-bond acceptors (Lipinski definition) is 4. The van der Waals surface area contributed by atoms with Crippen molar-refractivity contribution in [3.8, 4) is 0 Å². The summed E-state index contributed by atoms with van der Waals surface area (Å²) in [6, 6.07) is 7.87. The molecule has 22 heavy (non-hydrogen) atoms. The molecule has 1 aromatic carbocycles. The number of carbonyl (C=O) groups is 1. The maximum atomic E-state index is 12.8. The second-order valence-electron chi connectivity index (χ2n) is 4.07. The molecule has 0 aliphatic heterocycles. The number of nitrogens with one attached hydrogen (secondary N) is 1. The highest BCUT2D eigenvalue weighted by atomic mass is 35.5. The van der Waals surface area contributed by atoms with Gasteiger partial charge in [-0.25, -0.2) is 0 Å². The lowest BCUT2D eigenvalue weighted by atomic mass is 10.1. The highest BCUT2D eigenvalue weighted by molar-refractivity contribution is 7.99. The van der Waals surface area contributed by atoms with Gasteiger partial charge in [0.1, 0.15) is 5.03 Å². The van der Waals surface area contributed by atoms with Gasteiger partial charge in [-0.3, -0.25) is 4.79 Å². The van der Waals surface area contributed by atoms with Gasteiger partial charge in [0.05, 0.1) is 17.0 Å². The monoisotopic (exact) mass is 347 g/mol. The fourth-order valence-corrected chi connectivity index (χ4v) is 2.26. The summed E-state index contributed by atoms with van der Waals surface area (Å²) < 4.78 is 38.4. The van der Waals surface area contributed by atoms with Gasteiger partial charge in [-0.15, -0.1) is 10.2 Å². The highest BCUT2D eigenvalue weighted by Gasteiger charge is 2.33. The number of rotatable bonds is 4. The zero-order valence-corrected chi connectivity index (χ0v) is 12.5. The third-order valence-electron chi connectivity index (χ3n) is 2.47. The molecule has 0 spiro atoms. The quantitative estimate of drug-likeness (QED) is 0.853. The van der Waals surface area contributed by atoms with E-state index in [2.05, 4.69) is 15.5 Å². The van der Waals surface area contributed by atoms with E-state index in [1.54, 1.807) is 6.07 Å². The van der Waals surface area contributed by atoms with Crippen molar-refractivity contribution < 1.29 is 18.0 Å². The molecule has 0 atom stereocenters. The maximum absolute atomic E-state index is 12.8. The van der Waals surface area contributed by atoms with Gasteiger partial charge < -0.3 is 5.32 Å². The van der Waals surface area contributed by atoms with Crippen LogP contribution in [0, 0.1) is 0 Å². The van der Waals surface area contributed by atoms with E-state index in [-0.39, 0.29) is 16.6 Å². The molecule has 1 amide bonds. The van der Waals surface area contributed by atoms with Gasteiger partial charge in [0, 0.05) is 0 Å². The second kappa shape index (κ2) is 6.97. The Balaban J connectivity index is 1.99. The third-order valence-corrected chi connectivity index (χ3v) is 3.59. The molecular formula is C13H9ClF3N3OS. The molecular weight excluding hydrogens is 339 g/mol. The summed E-state index contributed by atoms with van der Waals surface area (Å²) in [7, 11) is 0. The fraction of sp³-hybridized carbons (Fsp3) is 0.154. The number of alkyl halides is 3. The summed E-state index contributed by atoms with van der Waals surface area (Å²) in [6.45, 7) is 0. The van der Waals surface area contributed by atoms with Crippen LogP contribution >= 0.6 is 23.4 Å². The lowest BCUT2D eigenvalue weighted by Crippen LogP contribution is -2.18. The number of amides is 1. The molecule has 9 heteroatoms. The first-order valence-corrected chi connectivity index (χ1v) is 7.31. The van der Waals surface area contributed by atoms with Crippen molar-refractivity contribution in [3.05, 3.63) is 47.1 Å². The van der Waals surface area contributed by atoms with Crippen molar-refractivity contribution >= 4 is 35.0 Å². The van der Waals surface area contributed by atoms with E-state index in [9.17, 15) is 18.0 Å². The average Bonchev–Trinajstić information content (AvgIpc) is 2.46. The fourth-order valence-electron chi connectivity index (χ4n) is 1.55. The minimum Gasteiger partial charge on any atom is -0.325 e. The van der Waals surface area contributed by atoms with Gasteiger partial charge in [0.25, 0.3) is 0 Å². The van der Waals surface area contributed by atoms with Crippen LogP contribution in [0.5, 0.6) is 0 Å². The number of anilines is 1. The van der Waals surface area contributed by atoms with E-state index in [1.165, 1.54) is 24.3 Å². The van der Waals surface area contributed by atoms with Gasteiger partial charge in [0.15, 0.2) is 5.15 Å². The van der Waals surface area contributed by atoms with E-state index >= 15 is 0 Å². The first kappa shape index (κ1) is 16.6. The molecule has 0 bridgehead atoms. The van der Waals surface area contributed by atoms with Gasteiger partial charge in [-0.2, -0.15) is 13.2 Å². The van der Waals surface area contributed by atoms with E-state index in [0.29, 0.717) is 5.03 Å². The van der Waals surface area contributed by atoms with Crippen LogP contribution in [-0.2, 0) is 11.0 Å². The van der Waals surface area contributed by atoms with Crippen LogP contribution in [0.15, 0.2) is 41.4 Å².